The predicted octanol–water partition coefficient (Wildman–Crippen LogP) is 3.17. The summed E-state index contributed by atoms with van der Waals surface area (Å²) in [5.74, 6) is 0.371. The van der Waals surface area contributed by atoms with Crippen LogP contribution in [-0.2, 0) is 9.59 Å². The molecule has 2 amide bonds. The molecular weight excluding hydrogens is 368 g/mol. The van der Waals surface area contributed by atoms with Crippen LogP contribution in [0.15, 0.2) is 54.6 Å². The molecule has 2 fully saturated rings. The third kappa shape index (κ3) is 3.88. The van der Waals surface area contributed by atoms with Gasteiger partial charge in [0.2, 0.25) is 11.8 Å². The van der Waals surface area contributed by atoms with Gasteiger partial charge in [0.1, 0.15) is 16.9 Å². The molecule has 6 nitrogen and oxygen atoms in total. The minimum absolute atomic E-state index is 0.0117. The molecule has 2 aromatic rings. The highest BCUT2D eigenvalue weighted by atomic mass is 16.5. The third-order valence-electron chi connectivity index (χ3n) is 5.83. The van der Waals surface area contributed by atoms with E-state index in [9.17, 15) is 14.4 Å². The number of Topliss-reactive ketones (excluding diaryl/α,β-unsaturated/α-hetero) is 1. The number of nitrogens with two attached hydrogens (primary N) is 1. The van der Waals surface area contributed by atoms with E-state index in [1.54, 1.807) is 29.2 Å². The minimum Gasteiger partial charge on any atom is -0.457 e. The smallest absolute Gasteiger partial charge is 0.238 e. The van der Waals surface area contributed by atoms with Crippen molar-refractivity contribution in [3.63, 3.8) is 0 Å². The number of amides is 2. The van der Waals surface area contributed by atoms with Gasteiger partial charge < -0.3 is 15.4 Å². The summed E-state index contributed by atoms with van der Waals surface area (Å²) in [6, 6.07) is 16.5. The van der Waals surface area contributed by atoms with E-state index in [4.69, 9.17) is 10.5 Å². The first-order chi connectivity index (χ1) is 14.0. The lowest BCUT2D eigenvalue weighted by Gasteiger charge is -2.34. The second-order valence-electron chi connectivity index (χ2n) is 7.84. The van der Waals surface area contributed by atoms with Crippen molar-refractivity contribution < 1.29 is 19.1 Å². The highest BCUT2D eigenvalue weighted by Gasteiger charge is 2.57. The molecule has 0 radical (unpaired) electrons. The Morgan fingerprint density at radius 2 is 1.62 bits per heavy atom. The predicted molar refractivity (Wildman–Crippen MR) is 107 cm³/mol. The number of rotatable bonds is 6. The zero-order chi connectivity index (χ0) is 20.4. The monoisotopic (exact) mass is 392 g/mol. The summed E-state index contributed by atoms with van der Waals surface area (Å²) in [6.07, 6.45) is 2.50. The van der Waals surface area contributed by atoms with Crippen molar-refractivity contribution in [3.05, 3.63) is 60.2 Å². The van der Waals surface area contributed by atoms with Crippen molar-refractivity contribution >= 4 is 17.6 Å². The third-order valence-corrected chi connectivity index (χ3v) is 5.83. The summed E-state index contributed by atoms with van der Waals surface area (Å²) in [6.45, 7) is 0.913. The number of primary amides is 1. The average molecular weight is 392 g/mol. The number of benzene rings is 2. The number of hydrogen-bond acceptors (Lipinski definition) is 4. The number of carbonyl (C=O) groups excluding carboxylic acids is 3. The van der Waals surface area contributed by atoms with E-state index in [0.29, 0.717) is 37.2 Å². The van der Waals surface area contributed by atoms with E-state index in [0.717, 1.165) is 18.6 Å². The Morgan fingerprint density at radius 1 is 0.966 bits per heavy atom. The van der Waals surface area contributed by atoms with Gasteiger partial charge in [0, 0.05) is 24.6 Å². The van der Waals surface area contributed by atoms with Gasteiger partial charge in [-0.05, 0) is 62.1 Å². The Kier molecular flexibility index (Phi) is 5.09. The Balaban J connectivity index is 1.41. The van der Waals surface area contributed by atoms with E-state index >= 15 is 0 Å². The van der Waals surface area contributed by atoms with Crippen molar-refractivity contribution in [3.8, 4) is 11.5 Å². The van der Waals surface area contributed by atoms with Crippen molar-refractivity contribution in [2.75, 3.05) is 13.1 Å². The number of ketones is 1. The molecule has 1 atom stereocenters. The minimum atomic E-state index is -1.03. The fraction of sp³-hybridized carbons (Fsp3) is 0.348. The summed E-state index contributed by atoms with van der Waals surface area (Å²) >= 11 is 0. The van der Waals surface area contributed by atoms with Crippen molar-refractivity contribution in [2.45, 2.75) is 25.7 Å². The van der Waals surface area contributed by atoms with Crippen molar-refractivity contribution in [2.24, 2.45) is 17.1 Å². The second-order valence-corrected chi connectivity index (χ2v) is 7.84. The standard InChI is InChI=1S/C23H24N2O4/c24-21(27)23(12-13-23)22(28)25-14-4-5-17(15-25)20(26)16-8-10-19(11-9-16)29-18-6-2-1-3-7-18/h1-3,6-11,17H,4-5,12-15H2,(H2,24,27)/t17-/m1/s1. The molecule has 6 heteroatoms. The van der Waals surface area contributed by atoms with Crippen LogP contribution < -0.4 is 10.5 Å². The van der Waals surface area contributed by atoms with E-state index in [-0.39, 0.29) is 17.6 Å². The molecule has 2 N–H and O–H groups in total. The van der Waals surface area contributed by atoms with Crippen LogP contribution in [0, 0.1) is 11.3 Å². The molecule has 0 bridgehead atoms. The lowest BCUT2D eigenvalue weighted by atomic mass is 9.89. The van der Waals surface area contributed by atoms with Crippen molar-refractivity contribution in [1.82, 2.24) is 4.90 Å². The van der Waals surface area contributed by atoms with Gasteiger partial charge in [-0.2, -0.15) is 0 Å². The van der Waals surface area contributed by atoms with E-state index in [1.165, 1.54) is 0 Å². The average Bonchev–Trinajstić information content (AvgIpc) is 3.56. The molecule has 1 heterocycles. The summed E-state index contributed by atoms with van der Waals surface area (Å²) in [5, 5.41) is 0. The number of piperidine rings is 1. The van der Waals surface area contributed by atoms with Gasteiger partial charge in [0.15, 0.2) is 5.78 Å². The molecule has 29 heavy (non-hydrogen) atoms. The van der Waals surface area contributed by atoms with Crippen LogP contribution in [-0.4, -0.2) is 35.6 Å². The van der Waals surface area contributed by atoms with Gasteiger partial charge >= 0.3 is 0 Å². The maximum absolute atomic E-state index is 13.0. The molecule has 1 aliphatic heterocycles. The summed E-state index contributed by atoms with van der Waals surface area (Å²) in [4.78, 5) is 39.0. The fourth-order valence-corrected chi connectivity index (χ4v) is 3.92. The first kappa shape index (κ1) is 19.2. The van der Waals surface area contributed by atoms with Crippen molar-refractivity contribution in [1.29, 1.82) is 0 Å². The van der Waals surface area contributed by atoms with Gasteiger partial charge in [-0.3, -0.25) is 14.4 Å². The SMILES string of the molecule is NC(=O)C1(C(=O)N2CCC[C@@H](C(=O)c3ccc(Oc4ccccc4)cc3)C2)CC1. The molecule has 1 aliphatic carbocycles. The van der Waals surface area contributed by atoms with E-state index < -0.39 is 11.3 Å². The first-order valence-corrected chi connectivity index (χ1v) is 9.96. The zero-order valence-electron chi connectivity index (χ0n) is 16.2. The van der Waals surface area contributed by atoms with Crippen LogP contribution in [0.1, 0.15) is 36.0 Å². The maximum atomic E-state index is 13.0. The molecule has 1 saturated carbocycles. The first-order valence-electron chi connectivity index (χ1n) is 9.96. The molecule has 2 aliphatic rings. The maximum Gasteiger partial charge on any atom is 0.238 e. The second kappa shape index (κ2) is 7.70. The zero-order valence-corrected chi connectivity index (χ0v) is 16.2. The molecule has 150 valence electrons. The van der Waals surface area contributed by atoms with Gasteiger partial charge in [-0.15, -0.1) is 0 Å². The molecule has 0 aromatic heterocycles. The van der Waals surface area contributed by atoms with Gasteiger partial charge in [0.05, 0.1) is 0 Å². The number of ether oxygens (including phenoxy) is 1. The van der Waals surface area contributed by atoms with Gasteiger partial charge in [0.25, 0.3) is 0 Å². The molecule has 0 unspecified atom stereocenters. The molecule has 2 aromatic carbocycles. The van der Waals surface area contributed by atoms with Crippen LogP contribution in [0.5, 0.6) is 11.5 Å². The molecular formula is C23H24N2O4. The molecule has 1 saturated heterocycles. The number of nitrogens with zero attached hydrogens (tertiary/aromatic N) is 1. The Morgan fingerprint density at radius 3 is 2.24 bits per heavy atom. The Bertz CT molecular complexity index is 920. The fourth-order valence-electron chi connectivity index (χ4n) is 3.92. The van der Waals surface area contributed by atoms with Crippen LogP contribution >= 0.6 is 0 Å². The van der Waals surface area contributed by atoms with Crippen LogP contribution in [0.4, 0.5) is 0 Å². The number of hydrogen-bond donors (Lipinski definition) is 1. The topological polar surface area (TPSA) is 89.7 Å². The molecule has 4 rings (SSSR count). The number of carbonyl (C=O) groups is 3. The lowest BCUT2D eigenvalue weighted by Crippen LogP contribution is -2.48. The van der Waals surface area contributed by atoms with Gasteiger partial charge in [-0.1, -0.05) is 18.2 Å². The van der Waals surface area contributed by atoms with Crippen LogP contribution in [0.25, 0.3) is 0 Å². The number of likely N-dealkylation sites (tertiary alicyclic amines) is 1. The van der Waals surface area contributed by atoms with E-state index in [2.05, 4.69) is 0 Å². The number of para-hydroxylation sites is 1. The van der Waals surface area contributed by atoms with Crippen LogP contribution in [0.3, 0.4) is 0 Å². The molecule has 0 spiro atoms. The summed E-state index contributed by atoms with van der Waals surface area (Å²) in [5.41, 5.74) is 5.00. The highest BCUT2D eigenvalue weighted by Crippen LogP contribution is 2.47. The Hall–Kier alpha value is -3.15. The van der Waals surface area contributed by atoms with Crippen LogP contribution in [0.2, 0.25) is 0 Å². The lowest BCUT2D eigenvalue weighted by molar-refractivity contribution is -0.144. The summed E-state index contributed by atoms with van der Waals surface area (Å²) < 4.78 is 5.77. The van der Waals surface area contributed by atoms with E-state index in [1.807, 2.05) is 30.3 Å². The quantitative estimate of drug-likeness (QED) is 0.604. The summed E-state index contributed by atoms with van der Waals surface area (Å²) in [7, 11) is 0. The normalized spacial score (nSPS) is 20.0. The Labute approximate surface area is 169 Å². The van der Waals surface area contributed by atoms with Gasteiger partial charge in [-0.25, -0.2) is 0 Å². The highest BCUT2D eigenvalue weighted by molar-refractivity contribution is 6.07. The largest absolute Gasteiger partial charge is 0.457 e.